The van der Waals surface area contributed by atoms with Crippen molar-refractivity contribution in [3.63, 3.8) is 0 Å². The topological polar surface area (TPSA) is 96.6 Å². The molecule has 1 saturated heterocycles. The fraction of sp³-hybridized carbons (Fsp3) is 0.571. The number of hydrogen-bond donors (Lipinski definition) is 1. The summed E-state index contributed by atoms with van der Waals surface area (Å²) in [4.78, 5) is 27.6. The maximum Gasteiger partial charge on any atom is 0.303 e. The van der Waals surface area contributed by atoms with E-state index in [9.17, 15) is 14.9 Å². The first-order valence-electron chi connectivity index (χ1n) is 7.09. The predicted molar refractivity (Wildman–Crippen MR) is 77.5 cm³/mol. The standard InChI is InChI=1S/C14H19N3O4/c1-10-12(17(20)21)6-7-13(15-10)16-9-3-2-4-11(16)5-8-14(18)19/h6-7,11H,2-5,8-9H2,1H3,(H,18,19). The average molecular weight is 293 g/mol. The molecular formula is C14H19N3O4. The van der Waals surface area contributed by atoms with Crippen molar-refractivity contribution >= 4 is 17.5 Å². The molecule has 7 heteroatoms. The molecule has 21 heavy (non-hydrogen) atoms. The van der Waals surface area contributed by atoms with E-state index < -0.39 is 10.9 Å². The zero-order valence-electron chi connectivity index (χ0n) is 12.0. The lowest BCUT2D eigenvalue weighted by Crippen LogP contribution is -2.40. The molecule has 1 atom stereocenters. The minimum atomic E-state index is -0.798. The van der Waals surface area contributed by atoms with Crippen LogP contribution >= 0.6 is 0 Å². The molecule has 1 aromatic heterocycles. The van der Waals surface area contributed by atoms with Crippen molar-refractivity contribution in [2.75, 3.05) is 11.4 Å². The van der Waals surface area contributed by atoms with Crippen LogP contribution in [-0.2, 0) is 4.79 Å². The van der Waals surface area contributed by atoms with Crippen LogP contribution in [0, 0.1) is 17.0 Å². The summed E-state index contributed by atoms with van der Waals surface area (Å²) in [7, 11) is 0. The Bertz CT molecular complexity index is 547. The summed E-state index contributed by atoms with van der Waals surface area (Å²) in [6.07, 6.45) is 3.75. The molecule has 1 unspecified atom stereocenters. The van der Waals surface area contributed by atoms with Crippen LogP contribution in [0.25, 0.3) is 0 Å². The van der Waals surface area contributed by atoms with Gasteiger partial charge in [-0.3, -0.25) is 14.9 Å². The van der Waals surface area contributed by atoms with E-state index in [0.29, 0.717) is 17.9 Å². The van der Waals surface area contributed by atoms with Crippen molar-refractivity contribution in [1.82, 2.24) is 4.98 Å². The number of nitrogens with zero attached hydrogens (tertiary/aromatic N) is 3. The molecule has 1 N–H and O–H groups in total. The second-order valence-electron chi connectivity index (χ2n) is 5.31. The van der Waals surface area contributed by atoms with E-state index in [2.05, 4.69) is 9.88 Å². The summed E-state index contributed by atoms with van der Waals surface area (Å²) in [5, 5.41) is 19.7. The number of anilines is 1. The lowest BCUT2D eigenvalue weighted by Gasteiger charge is -2.36. The van der Waals surface area contributed by atoms with Crippen molar-refractivity contribution in [3.05, 3.63) is 27.9 Å². The highest BCUT2D eigenvalue weighted by molar-refractivity contribution is 5.66. The van der Waals surface area contributed by atoms with Gasteiger partial charge in [0.1, 0.15) is 11.5 Å². The first-order valence-corrected chi connectivity index (χ1v) is 7.09. The summed E-state index contributed by atoms with van der Waals surface area (Å²) in [6.45, 7) is 2.44. The summed E-state index contributed by atoms with van der Waals surface area (Å²) in [6, 6.07) is 3.27. The van der Waals surface area contributed by atoms with Crippen LogP contribution in [0.1, 0.15) is 37.8 Å². The number of aryl methyl sites for hydroxylation is 1. The second kappa shape index (κ2) is 6.51. The number of rotatable bonds is 5. The Balaban J connectivity index is 2.18. The molecule has 0 aromatic carbocycles. The number of nitro groups is 1. The van der Waals surface area contributed by atoms with E-state index in [4.69, 9.17) is 5.11 Å². The van der Waals surface area contributed by atoms with Crippen LogP contribution in [0.4, 0.5) is 11.5 Å². The second-order valence-corrected chi connectivity index (χ2v) is 5.31. The number of piperidine rings is 1. The molecule has 2 heterocycles. The third-order valence-electron chi connectivity index (χ3n) is 3.85. The average Bonchev–Trinajstić information content (AvgIpc) is 2.45. The van der Waals surface area contributed by atoms with Gasteiger partial charge >= 0.3 is 5.97 Å². The molecule has 2 rings (SSSR count). The number of pyridine rings is 1. The van der Waals surface area contributed by atoms with E-state index in [1.807, 2.05) is 0 Å². The van der Waals surface area contributed by atoms with Crippen LogP contribution in [0.2, 0.25) is 0 Å². The first-order chi connectivity index (χ1) is 9.99. The lowest BCUT2D eigenvalue weighted by atomic mass is 9.98. The maximum absolute atomic E-state index is 10.8. The Labute approximate surface area is 122 Å². The Morgan fingerprint density at radius 1 is 1.52 bits per heavy atom. The molecule has 1 aromatic rings. The number of carboxylic acid groups (broad SMARTS) is 1. The molecule has 0 saturated carbocycles. The van der Waals surface area contributed by atoms with Gasteiger partial charge in [-0.15, -0.1) is 0 Å². The summed E-state index contributed by atoms with van der Waals surface area (Å²) >= 11 is 0. The zero-order chi connectivity index (χ0) is 15.4. The number of aliphatic carboxylic acids is 1. The number of carboxylic acids is 1. The highest BCUT2D eigenvalue weighted by Crippen LogP contribution is 2.28. The van der Waals surface area contributed by atoms with Gasteiger partial charge in [0, 0.05) is 25.1 Å². The van der Waals surface area contributed by atoms with Crippen LogP contribution in [-0.4, -0.2) is 33.6 Å². The summed E-state index contributed by atoms with van der Waals surface area (Å²) in [5.41, 5.74) is 0.401. The minimum absolute atomic E-state index is 0.0119. The largest absolute Gasteiger partial charge is 0.481 e. The van der Waals surface area contributed by atoms with Gasteiger partial charge in [0.2, 0.25) is 0 Å². The quantitative estimate of drug-likeness (QED) is 0.662. The van der Waals surface area contributed by atoms with Gasteiger partial charge in [-0.2, -0.15) is 0 Å². The first kappa shape index (κ1) is 15.2. The highest BCUT2D eigenvalue weighted by atomic mass is 16.6. The molecule has 1 fully saturated rings. The molecule has 7 nitrogen and oxygen atoms in total. The van der Waals surface area contributed by atoms with Gasteiger partial charge in [-0.25, -0.2) is 4.98 Å². The van der Waals surface area contributed by atoms with E-state index in [0.717, 1.165) is 25.8 Å². The number of aromatic nitrogens is 1. The summed E-state index contributed by atoms with van der Waals surface area (Å²) < 4.78 is 0. The minimum Gasteiger partial charge on any atom is -0.481 e. The van der Waals surface area contributed by atoms with Crippen LogP contribution in [0.15, 0.2) is 12.1 Å². The molecule has 0 bridgehead atoms. The van der Waals surface area contributed by atoms with Crippen molar-refractivity contribution < 1.29 is 14.8 Å². The molecular weight excluding hydrogens is 274 g/mol. The molecule has 0 radical (unpaired) electrons. The van der Waals surface area contributed by atoms with Crippen molar-refractivity contribution in [2.45, 2.75) is 45.1 Å². The van der Waals surface area contributed by atoms with E-state index in [-0.39, 0.29) is 18.2 Å². The van der Waals surface area contributed by atoms with Gasteiger partial charge in [0.15, 0.2) is 0 Å². The Morgan fingerprint density at radius 2 is 2.29 bits per heavy atom. The van der Waals surface area contributed by atoms with Crippen LogP contribution in [0.5, 0.6) is 0 Å². The Morgan fingerprint density at radius 3 is 2.90 bits per heavy atom. The number of carbonyl (C=O) groups is 1. The third kappa shape index (κ3) is 3.68. The fourth-order valence-electron chi connectivity index (χ4n) is 2.79. The molecule has 114 valence electrons. The van der Waals surface area contributed by atoms with Gasteiger partial charge in [-0.1, -0.05) is 0 Å². The Kier molecular flexibility index (Phi) is 4.72. The van der Waals surface area contributed by atoms with Crippen LogP contribution in [0.3, 0.4) is 0 Å². The SMILES string of the molecule is Cc1nc(N2CCCCC2CCC(=O)O)ccc1[N+](=O)[O-]. The van der Waals surface area contributed by atoms with E-state index >= 15 is 0 Å². The van der Waals surface area contributed by atoms with Crippen molar-refractivity contribution in [1.29, 1.82) is 0 Å². The van der Waals surface area contributed by atoms with Gasteiger partial charge in [0.05, 0.1) is 4.92 Å². The van der Waals surface area contributed by atoms with Crippen molar-refractivity contribution in [2.24, 2.45) is 0 Å². The van der Waals surface area contributed by atoms with E-state index in [1.165, 1.54) is 6.07 Å². The maximum atomic E-state index is 10.8. The van der Waals surface area contributed by atoms with Gasteiger partial charge in [0.25, 0.3) is 5.69 Å². The lowest BCUT2D eigenvalue weighted by molar-refractivity contribution is -0.385. The highest BCUT2D eigenvalue weighted by Gasteiger charge is 2.25. The molecule has 1 aliphatic rings. The number of hydrogen-bond acceptors (Lipinski definition) is 5. The predicted octanol–water partition coefficient (Wildman–Crippen LogP) is 2.52. The Hall–Kier alpha value is -2.18. The van der Waals surface area contributed by atoms with Gasteiger partial charge in [-0.05, 0) is 38.7 Å². The normalized spacial score (nSPS) is 18.5. The molecule has 0 spiro atoms. The van der Waals surface area contributed by atoms with Gasteiger partial charge < -0.3 is 10.0 Å². The molecule has 0 aliphatic carbocycles. The smallest absolute Gasteiger partial charge is 0.303 e. The van der Waals surface area contributed by atoms with Crippen LogP contribution < -0.4 is 4.90 Å². The monoisotopic (exact) mass is 293 g/mol. The zero-order valence-corrected chi connectivity index (χ0v) is 12.0. The molecule has 0 amide bonds. The fourth-order valence-corrected chi connectivity index (χ4v) is 2.79. The third-order valence-corrected chi connectivity index (χ3v) is 3.85. The van der Waals surface area contributed by atoms with E-state index in [1.54, 1.807) is 13.0 Å². The molecule has 1 aliphatic heterocycles. The summed E-state index contributed by atoms with van der Waals surface area (Å²) in [5.74, 6) is -0.0958. The van der Waals surface area contributed by atoms with Crippen molar-refractivity contribution in [3.8, 4) is 0 Å².